The Balaban J connectivity index is 2.02. The molecule has 19 heavy (non-hydrogen) atoms. The predicted octanol–water partition coefficient (Wildman–Crippen LogP) is 4.72. The maximum atomic E-state index is 11.9. The van der Waals surface area contributed by atoms with E-state index in [1.807, 2.05) is 24.3 Å². The van der Waals surface area contributed by atoms with E-state index >= 15 is 0 Å². The van der Waals surface area contributed by atoms with Crippen LogP contribution < -0.4 is 5.32 Å². The van der Waals surface area contributed by atoms with E-state index in [0.29, 0.717) is 26.7 Å². The number of carbonyl (C=O) groups excluding carboxylic acids is 1. The summed E-state index contributed by atoms with van der Waals surface area (Å²) in [4.78, 5) is 11.9. The van der Waals surface area contributed by atoms with Crippen molar-refractivity contribution in [3.05, 3.63) is 55.7 Å². The van der Waals surface area contributed by atoms with Crippen LogP contribution in [0.15, 0.2) is 30.3 Å². The van der Waals surface area contributed by atoms with Crippen molar-refractivity contribution in [2.75, 3.05) is 0 Å². The molecule has 0 saturated carbocycles. The van der Waals surface area contributed by atoms with Gasteiger partial charge in [0, 0.05) is 12.4 Å². The fourth-order valence-electron chi connectivity index (χ4n) is 1.60. The van der Waals surface area contributed by atoms with Crippen LogP contribution in [0, 0.1) is 0 Å². The van der Waals surface area contributed by atoms with Gasteiger partial charge in [-0.15, -0.1) is 22.9 Å². The SMILES string of the molecule is O=C(NCc1cccc(CCl)c1)c1cc(Cl)sc1Cl. The van der Waals surface area contributed by atoms with Crippen LogP contribution in [0.25, 0.3) is 0 Å². The first-order valence-electron chi connectivity index (χ1n) is 5.47. The average Bonchev–Trinajstić information content (AvgIpc) is 2.75. The van der Waals surface area contributed by atoms with E-state index in [-0.39, 0.29) is 5.91 Å². The van der Waals surface area contributed by atoms with Gasteiger partial charge in [-0.05, 0) is 17.2 Å². The molecule has 0 unspecified atom stereocenters. The summed E-state index contributed by atoms with van der Waals surface area (Å²) in [6, 6.07) is 9.30. The second-order valence-corrected chi connectivity index (χ2v) is 6.43. The fourth-order valence-corrected chi connectivity index (χ4v) is 3.22. The van der Waals surface area contributed by atoms with Crippen molar-refractivity contribution in [1.82, 2.24) is 5.32 Å². The zero-order valence-electron chi connectivity index (χ0n) is 9.75. The fraction of sp³-hybridized carbons (Fsp3) is 0.154. The maximum absolute atomic E-state index is 11.9. The van der Waals surface area contributed by atoms with Gasteiger partial charge in [0.15, 0.2) is 0 Å². The van der Waals surface area contributed by atoms with Crippen LogP contribution in [0.4, 0.5) is 0 Å². The Bertz CT molecular complexity index is 597. The summed E-state index contributed by atoms with van der Waals surface area (Å²) in [6.45, 7) is 0.424. The minimum Gasteiger partial charge on any atom is -0.348 e. The lowest BCUT2D eigenvalue weighted by atomic mass is 10.1. The summed E-state index contributed by atoms with van der Waals surface area (Å²) in [5, 5.41) is 2.80. The Morgan fingerprint density at radius 1 is 1.21 bits per heavy atom. The molecule has 2 aromatic rings. The van der Waals surface area contributed by atoms with Crippen LogP contribution in [0.5, 0.6) is 0 Å². The van der Waals surface area contributed by atoms with Crippen molar-refractivity contribution < 1.29 is 4.79 Å². The molecule has 1 aromatic carbocycles. The van der Waals surface area contributed by atoms with E-state index in [1.54, 1.807) is 6.07 Å². The Labute approximate surface area is 130 Å². The van der Waals surface area contributed by atoms with E-state index in [0.717, 1.165) is 11.1 Å². The average molecular weight is 335 g/mol. The number of amides is 1. The van der Waals surface area contributed by atoms with Gasteiger partial charge in [0.05, 0.1) is 9.90 Å². The number of nitrogens with one attached hydrogen (secondary N) is 1. The summed E-state index contributed by atoms with van der Waals surface area (Å²) in [7, 11) is 0. The zero-order chi connectivity index (χ0) is 13.8. The number of hydrogen-bond acceptors (Lipinski definition) is 2. The summed E-state index contributed by atoms with van der Waals surface area (Å²) < 4.78 is 0.899. The third-order valence-corrected chi connectivity index (χ3v) is 4.30. The Kier molecular flexibility index (Phi) is 5.11. The standard InChI is InChI=1S/C13H10Cl3NOS/c14-6-8-2-1-3-9(4-8)7-17-13(18)10-5-11(15)19-12(10)16/h1-5H,6-7H2,(H,17,18). The van der Waals surface area contributed by atoms with E-state index in [1.165, 1.54) is 11.3 Å². The first kappa shape index (κ1) is 14.7. The molecule has 0 saturated heterocycles. The van der Waals surface area contributed by atoms with E-state index in [4.69, 9.17) is 34.8 Å². The second kappa shape index (κ2) is 6.62. The van der Waals surface area contributed by atoms with Crippen molar-refractivity contribution in [2.24, 2.45) is 0 Å². The van der Waals surface area contributed by atoms with Gasteiger partial charge in [0.25, 0.3) is 5.91 Å². The van der Waals surface area contributed by atoms with E-state index in [9.17, 15) is 4.79 Å². The highest BCUT2D eigenvalue weighted by Gasteiger charge is 2.13. The smallest absolute Gasteiger partial charge is 0.253 e. The molecule has 1 heterocycles. The van der Waals surface area contributed by atoms with Crippen LogP contribution in [0.3, 0.4) is 0 Å². The molecule has 0 radical (unpaired) electrons. The third kappa shape index (κ3) is 3.86. The minimum atomic E-state index is -0.232. The topological polar surface area (TPSA) is 29.1 Å². The number of carbonyl (C=O) groups is 1. The Morgan fingerprint density at radius 2 is 1.95 bits per heavy atom. The molecule has 100 valence electrons. The van der Waals surface area contributed by atoms with E-state index < -0.39 is 0 Å². The van der Waals surface area contributed by atoms with Crippen molar-refractivity contribution in [2.45, 2.75) is 12.4 Å². The normalized spacial score (nSPS) is 10.5. The molecule has 0 spiro atoms. The van der Waals surface area contributed by atoms with E-state index in [2.05, 4.69) is 5.32 Å². The lowest BCUT2D eigenvalue weighted by Crippen LogP contribution is -2.22. The summed E-state index contributed by atoms with van der Waals surface area (Å²) in [5.41, 5.74) is 2.42. The van der Waals surface area contributed by atoms with Crippen LogP contribution in [-0.4, -0.2) is 5.91 Å². The van der Waals surface area contributed by atoms with Crippen LogP contribution in [0.1, 0.15) is 21.5 Å². The highest BCUT2D eigenvalue weighted by atomic mass is 35.5. The highest BCUT2D eigenvalue weighted by molar-refractivity contribution is 7.20. The molecule has 1 N–H and O–H groups in total. The Hall–Kier alpha value is -0.740. The molecule has 0 atom stereocenters. The third-order valence-electron chi connectivity index (χ3n) is 2.50. The predicted molar refractivity (Wildman–Crippen MR) is 81.5 cm³/mol. The monoisotopic (exact) mass is 333 g/mol. The summed E-state index contributed by atoms with van der Waals surface area (Å²) >= 11 is 18.7. The van der Waals surface area contributed by atoms with Crippen molar-refractivity contribution in [3.8, 4) is 0 Å². The first-order valence-corrected chi connectivity index (χ1v) is 7.57. The van der Waals surface area contributed by atoms with Gasteiger partial charge in [-0.3, -0.25) is 4.79 Å². The number of halogens is 3. The van der Waals surface area contributed by atoms with Gasteiger partial charge in [-0.25, -0.2) is 0 Å². The molecular formula is C13H10Cl3NOS. The molecule has 2 nitrogen and oxygen atoms in total. The van der Waals surface area contributed by atoms with Gasteiger partial charge >= 0.3 is 0 Å². The quantitative estimate of drug-likeness (QED) is 0.805. The molecule has 0 bridgehead atoms. The molecule has 6 heteroatoms. The molecule has 0 aliphatic heterocycles. The second-order valence-electron chi connectivity index (χ2n) is 3.87. The molecule has 0 aliphatic carbocycles. The first-order chi connectivity index (χ1) is 9.10. The molecule has 0 fully saturated rings. The van der Waals surface area contributed by atoms with Gasteiger partial charge in [0.2, 0.25) is 0 Å². The molecule has 2 rings (SSSR count). The molecule has 1 aromatic heterocycles. The number of alkyl halides is 1. The van der Waals surface area contributed by atoms with Gasteiger partial charge in [0.1, 0.15) is 4.34 Å². The van der Waals surface area contributed by atoms with Gasteiger partial charge in [-0.1, -0.05) is 47.5 Å². The van der Waals surface area contributed by atoms with Crippen LogP contribution in [0.2, 0.25) is 8.67 Å². The number of benzene rings is 1. The lowest BCUT2D eigenvalue weighted by Gasteiger charge is -2.05. The summed E-state index contributed by atoms with van der Waals surface area (Å²) in [6.07, 6.45) is 0. The molecule has 0 aliphatic rings. The Morgan fingerprint density at radius 3 is 2.58 bits per heavy atom. The van der Waals surface area contributed by atoms with Crippen molar-refractivity contribution in [3.63, 3.8) is 0 Å². The largest absolute Gasteiger partial charge is 0.348 e. The van der Waals surface area contributed by atoms with Crippen molar-refractivity contribution >= 4 is 52.0 Å². The number of rotatable bonds is 4. The van der Waals surface area contributed by atoms with Crippen LogP contribution in [-0.2, 0) is 12.4 Å². The zero-order valence-corrected chi connectivity index (χ0v) is 12.8. The maximum Gasteiger partial charge on any atom is 0.253 e. The highest BCUT2D eigenvalue weighted by Crippen LogP contribution is 2.30. The lowest BCUT2D eigenvalue weighted by molar-refractivity contribution is 0.0951. The van der Waals surface area contributed by atoms with Crippen molar-refractivity contribution in [1.29, 1.82) is 0 Å². The number of hydrogen-bond donors (Lipinski definition) is 1. The van der Waals surface area contributed by atoms with Gasteiger partial charge in [-0.2, -0.15) is 0 Å². The molecule has 1 amide bonds. The molecular weight excluding hydrogens is 325 g/mol. The van der Waals surface area contributed by atoms with Crippen LogP contribution >= 0.6 is 46.1 Å². The summed E-state index contributed by atoms with van der Waals surface area (Å²) in [5.74, 6) is 0.220. The number of thiophene rings is 1. The minimum absolute atomic E-state index is 0.232. The van der Waals surface area contributed by atoms with Gasteiger partial charge < -0.3 is 5.32 Å².